The molecule has 3 nitrogen and oxygen atoms in total. The minimum absolute atomic E-state index is 0.507. The molecule has 1 aliphatic heterocycles. The second kappa shape index (κ2) is 4.13. The molecule has 0 amide bonds. The van der Waals surface area contributed by atoms with Gasteiger partial charge in [-0.25, -0.2) is 4.98 Å². The fourth-order valence-electron chi connectivity index (χ4n) is 3.47. The SMILES string of the molecule is CC1(C)CCCC(n2cnc3c2CCNC3)C1. The lowest BCUT2D eigenvalue weighted by Crippen LogP contribution is -2.29. The maximum Gasteiger partial charge on any atom is 0.0954 e. The van der Waals surface area contributed by atoms with Crippen molar-refractivity contribution in [2.75, 3.05) is 6.54 Å². The van der Waals surface area contributed by atoms with E-state index in [-0.39, 0.29) is 0 Å². The van der Waals surface area contributed by atoms with Gasteiger partial charge in [0, 0.05) is 31.2 Å². The van der Waals surface area contributed by atoms with Crippen molar-refractivity contribution < 1.29 is 0 Å². The highest BCUT2D eigenvalue weighted by Gasteiger charge is 2.30. The molecule has 17 heavy (non-hydrogen) atoms. The zero-order chi connectivity index (χ0) is 11.9. The van der Waals surface area contributed by atoms with Crippen LogP contribution in [0.1, 0.15) is 57.0 Å². The molecule has 1 aliphatic carbocycles. The molecule has 1 aromatic rings. The summed E-state index contributed by atoms with van der Waals surface area (Å²) in [6.45, 7) is 6.88. The van der Waals surface area contributed by atoms with Crippen molar-refractivity contribution in [2.45, 2.75) is 58.5 Å². The van der Waals surface area contributed by atoms with Gasteiger partial charge in [0.15, 0.2) is 0 Å². The monoisotopic (exact) mass is 233 g/mol. The Hall–Kier alpha value is -0.830. The Balaban J connectivity index is 1.86. The van der Waals surface area contributed by atoms with Crippen molar-refractivity contribution in [3.63, 3.8) is 0 Å². The van der Waals surface area contributed by atoms with E-state index >= 15 is 0 Å². The summed E-state index contributed by atoms with van der Waals surface area (Å²) in [7, 11) is 0. The second-order valence-electron chi connectivity index (χ2n) is 6.39. The lowest BCUT2D eigenvalue weighted by atomic mass is 9.75. The van der Waals surface area contributed by atoms with Gasteiger partial charge < -0.3 is 9.88 Å². The molecule has 2 aliphatic rings. The summed E-state index contributed by atoms with van der Waals surface area (Å²) >= 11 is 0. The normalized spacial score (nSPS) is 27.8. The van der Waals surface area contributed by atoms with E-state index in [0.29, 0.717) is 11.5 Å². The van der Waals surface area contributed by atoms with Crippen LogP contribution in [0.15, 0.2) is 6.33 Å². The van der Waals surface area contributed by atoms with Crippen LogP contribution in [-0.2, 0) is 13.0 Å². The summed E-state index contributed by atoms with van der Waals surface area (Å²) in [5, 5.41) is 3.40. The lowest BCUT2D eigenvalue weighted by Gasteiger charge is -2.36. The quantitative estimate of drug-likeness (QED) is 0.808. The number of fused-ring (bicyclic) bond motifs is 1. The summed E-state index contributed by atoms with van der Waals surface area (Å²) in [6.07, 6.45) is 8.61. The number of nitrogens with one attached hydrogen (secondary N) is 1. The smallest absolute Gasteiger partial charge is 0.0954 e. The van der Waals surface area contributed by atoms with Gasteiger partial charge in [0.25, 0.3) is 0 Å². The van der Waals surface area contributed by atoms with E-state index in [9.17, 15) is 0 Å². The molecule has 1 saturated carbocycles. The number of aromatic nitrogens is 2. The van der Waals surface area contributed by atoms with Crippen LogP contribution in [0.5, 0.6) is 0 Å². The van der Waals surface area contributed by atoms with E-state index in [4.69, 9.17) is 0 Å². The minimum atomic E-state index is 0.507. The fraction of sp³-hybridized carbons (Fsp3) is 0.786. The fourth-order valence-corrected chi connectivity index (χ4v) is 3.47. The third kappa shape index (κ3) is 2.13. The average molecular weight is 233 g/mol. The molecular weight excluding hydrogens is 210 g/mol. The lowest BCUT2D eigenvalue weighted by molar-refractivity contribution is 0.181. The van der Waals surface area contributed by atoms with Crippen molar-refractivity contribution in [3.8, 4) is 0 Å². The molecule has 2 heterocycles. The van der Waals surface area contributed by atoms with E-state index < -0.39 is 0 Å². The Morgan fingerprint density at radius 3 is 3.18 bits per heavy atom. The third-order valence-electron chi connectivity index (χ3n) is 4.39. The van der Waals surface area contributed by atoms with Gasteiger partial charge in [0.1, 0.15) is 0 Å². The van der Waals surface area contributed by atoms with Gasteiger partial charge >= 0.3 is 0 Å². The van der Waals surface area contributed by atoms with Crippen LogP contribution in [0.3, 0.4) is 0 Å². The van der Waals surface area contributed by atoms with Crippen molar-refractivity contribution in [1.82, 2.24) is 14.9 Å². The Morgan fingerprint density at radius 2 is 2.35 bits per heavy atom. The van der Waals surface area contributed by atoms with Crippen LogP contribution in [0.4, 0.5) is 0 Å². The van der Waals surface area contributed by atoms with Gasteiger partial charge in [0.05, 0.1) is 12.0 Å². The van der Waals surface area contributed by atoms with Gasteiger partial charge in [-0.2, -0.15) is 0 Å². The van der Waals surface area contributed by atoms with Gasteiger partial charge in [-0.05, 0) is 24.7 Å². The largest absolute Gasteiger partial charge is 0.331 e. The van der Waals surface area contributed by atoms with Crippen molar-refractivity contribution in [1.29, 1.82) is 0 Å². The van der Waals surface area contributed by atoms with Gasteiger partial charge in [-0.15, -0.1) is 0 Å². The second-order valence-corrected chi connectivity index (χ2v) is 6.39. The average Bonchev–Trinajstić information content (AvgIpc) is 2.71. The zero-order valence-corrected chi connectivity index (χ0v) is 11.0. The van der Waals surface area contributed by atoms with E-state index in [1.807, 2.05) is 0 Å². The molecular formula is C14H23N3. The van der Waals surface area contributed by atoms with Crippen LogP contribution in [-0.4, -0.2) is 16.1 Å². The van der Waals surface area contributed by atoms with E-state index in [0.717, 1.165) is 19.5 Å². The van der Waals surface area contributed by atoms with Crippen LogP contribution in [0, 0.1) is 5.41 Å². The predicted octanol–water partition coefficient (Wildman–Crippen LogP) is 2.67. The molecule has 1 fully saturated rings. The molecule has 1 N–H and O–H groups in total. The molecule has 0 spiro atoms. The van der Waals surface area contributed by atoms with Crippen molar-refractivity contribution in [3.05, 3.63) is 17.7 Å². The van der Waals surface area contributed by atoms with Crippen molar-refractivity contribution >= 4 is 0 Å². The molecule has 0 aromatic carbocycles. The highest BCUT2D eigenvalue weighted by molar-refractivity contribution is 5.17. The molecule has 1 atom stereocenters. The zero-order valence-electron chi connectivity index (χ0n) is 11.0. The Bertz CT molecular complexity index is 406. The highest BCUT2D eigenvalue weighted by Crippen LogP contribution is 2.41. The molecule has 0 bridgehead atoms. The maximum absolute atomic E-state index is 4.58. The predicted molar refractivity (Wildman–Crippen MR) is 68.9 cm³/mol. The Labute approximate surface area is 104 Å². The summed E-state index contributed by atoms with van der Waals surface area (Å²) < 4.78 is 2.48. The molecule has 0 saturated heterocycles. The molecule has 3 heteroatoms. The number of rotatable bonds is 1. The van der Waals surface area contributed by atoms with E-state index in [1.54, 1.807) is 0 Å². The standard InChI is InChI=1S/C14H23N3/c1-14(2)6-3-4-11(8-14)17-10-16-12-9-15-7-5-13(12)17/h10-11,15H,3-9H2,1-2H3. The minimum Gasteiger partial charge on any atom is -0.331 e. The van der Waals surface area contributed by atoms with E-state index in [1.165, 1.54) is 37.1 Å². The summed E-state index contributed by atoms with van der Waals surface area (Å²) in [5.74, 6) is 0. The maximum atomic E-state index is 4.58. The number of hydrogen-bond acceptors (Lipinski definition) is 2. The first-order valence-electron chi connectivity index (χ1n) is 6.91. The first-order valence-corrected chi connectivity index (χ1v) is 6.91. The number of nitrogens with zero attached hydrogens (tertiary/aromatic N) is 2. The van der Waals surface area contributed by atoms with Crippen molar-refractivity contribution in [2.24, 2.45) is 5.41 Å². The molecule has 1 unspecified atom stereocenters. The first kappa shape index (κ1) is 11.3. The molecule has 0 radical (unpaired) electrons. The van der Waals surface area contributed by atoms with Gasteiger partial charge in [-0.3, -0.25) is 0 Å². The van der Waals surface area contributed by atoms with Crippen LogP contribution in [0.2, 0.25) is 0 Å². The molecule has 3 rings (SSSR count). The molecule has 94 valence electrons. The van der Waals surface area contributed by atoms with E-state index in [2.05, 4.69) is 35.0 Å². The summed E-state index contributed by atoms with van der Waals surface area (Å²) in [6, 6.07) is 0.688. The topological polar surface area (TPSA) is 29.9 Å². The Morgan fingerprint density at radius 1 is 1.47 bits per heavy atom. The Kier molecular flexibility index (Phi) is 2.74. The first-order chi connectivity index (χ1) is 8.16. The van der Waals surface area contributed by atoms with Gasteiger partial charge in [0.2, 0.25) is 0 Å². The summed E-state index contributed by atoms with van der Waals surface area (Å²) in [4.78, 5) is 4.58. The number of imidazole rings is 1. The highest BCUT2D eigenvalue weighted by atomic mass is 15.1. The molecule has 1 aromatic heterocycles. The summed E-state index contributed by atoms with van der Waals surface area (Å²) in [5.41, 5.74) is 3.28. The van der Waals surface area contributed by atoms with Crippen LogP contribution >= 0.6 is 0 Å². The number of hydrogen-bond donors (Lipinski definition) is 1. The third-order valence-corrected chi connectivity index (χ3v) is 4.39. The van der Waals surface area contributed by atoms with Gasteiger partial charge in [-0.1, -0.05) is 20.3 Å². The van der Waals surface area contributed by atoms with Crippen LogP contribution in [0.25, 0.3) is 0 Å². The van der Waals surface area contributed by atoms with Crippen LogP contribution < -0.4 is 5.32 Å².